The molecule has 2 aromatic carbocycles. The SMILES string of the molecule is C=CCNC(=O)NCCNC(=O)c1ccc2ccccc2c1O. The number of phenols is 1. The number of hydrogen-bond donors (Lipinski definition) is 4. The quantitative estimate of drug-likeness (QED) is 0.484. The van der Waals surface area contributed by atoms with Crippen LogP contribution < -0.4 is 16.0 Å². The fraction of sp³-hybridized carbons (Fsp3) is 0.176. The molecule has 2 rings (SSSR count). The van der Waals surface area contributed by atoms with Crippen molar-refractivity contribution in [3.05, 3.63) is 54.6 Å². The lowest BCUT2D eigenvalue weighted by molar-refractivity contribution is 0.0951. The molecule has 0 saturated carbocycles. The predicted molar refractivity (Wildman–Crippen MR) is 89.5 cm³/mol. The van der Waals surface area contributed by atoms with Gasteiger partial charge in [0, 0.05) is 25.0 Å². The van der Waals surface area contributed by atoms with Crippen LogP contribution in [0.4, 0.5) is 4.79 Å². The Labute approximate surface area is 134 Å². The van der Waals surface area contributed by atoms with Gasteiger partial charge in [-0.25, -0.2) is 4.79 Å². The predicted octanol–water partition coefficient (Wildman–Crippen LogP) is 1.76. The summed E-state index contributed by atoms with van der Waals surface area (Å²) >= 11 is 0. The number of phenolic OH excluding ortho intramolecular Hbond substituents is 1. The van der Waals surface area contributed by atoms with Crippen molar-refractivity contribution in [3.63, 3.8) is 0 Å². The van der Waals surface area contributed by atoms with Crippen LogP contribution in [0.3, 0.4) is 0 Å². The molecule has 6 heteroatoms. The molecule has 0 heterocycles. The van der Waals surface area contributed by atoms with Gasteiger partial charge in [-0.05, 0) is 11.5 Å². The maximum Gasteiger partial charge on any atom is 0.315 e. The summed E-state index contributed by atoms with van der Waals surface area (Å²) < 4.78 is 0. The van der Waals surface area contributed by atoms with Crippen LogP contribution in [0.2, 0.25) is 0 Å². The Balaban J connectivity index is 1.90. The van der Waals surface area contributed by atoms with E-state index >= 15 is 0 Å². The third kappa shape index (κ3) is 4.23. The van der Waals surface area contributed by atoms with E-state index < -0.39 is 0 Å². The number of nitrogens with one attached hydrogen (secondary N) is 3. The maximum absolute atomic E-state index is 12.1. The van der Waals surface area contributed by atoms with Crippen LogP contribution in [0.15, 0.2) is 49.1 Å². The molecule has 0 aliphatic rings. The Morgan fingerprint density at radius 3 is 2.57 bits per heavy atom. The first kappa shape index (κ1) is 16.4. The number of amides is 3. The van der Waals surface area contributed by atoms with Crippen LogP contribution >= 0.6 is 0 Å². The van der Waals surface area contributed by atoms with Gasteiger partial charge >= 0.3 is 6.03 Å². The summed E-state index contributed by atoms with van der Waals surface area (Å²) in [6.07, 6.45) is 1.57. The van der Waals surface area contributed by atoms with E-state index in [2.05, 4.69) is 22.5 Å². The van der Waals surface area contributed by atoms with Gasteiger partial charge in [0.15, 0.2) is 0 Å². The largest absolute Gasteiger partial charge is 0.506 e. The molecule has 0 atom stereocenters. The summed E-state index contributed by atoms with van der Waals surface area (Å²) in [5, 5.41) is 19.5. The molecule has 3 amide bonds. The molecule has 0 saturated heterocycles. The van der Waals surface area contributed by atoms with Gasteiger partial charge in [-0.1, -0.05) is 36.4 Å². The van der Waals surface area contributed by atoms with Crippen molar-refractivity contribution >= 4 is 22.7 Å². The third-order valence-corrected chi connectivity index (χ3v) is 3.25. The van der Waals surface area contributed by atoms with Crippen LogP contribution in [-0.2, 0) is 0 Å². The van der Waals surface area contributed by atoms with Gasteiger partial charge in [-0.3, -0.25) is 4.79 Å². The zero-order valence-corrected chi connectivity index (χ0v) is 12.6. The number of rotatable bonds is 6. The van der Waals surface area contributed by atoms with E-state index in [-0.39, 0.29) is 36.3 Å². The summed E-state index contributed by atoms with van der Waals surface area (Å²) in [6, 6.07) is 10.3. The van der Waals surface area contributed by atoms with Gasteiger partial charge < -0.3 is 21.1 Å². The fourth-order valence-corrected chi connectivity index (χ4v) is 2.11. The smallest absolute Gasteiger partial charge is 0.315 e. The second-order valence-corrected chi connectivity index (χ2v) is 4.86. The minimum Gasteiger partial charge on any atom is -0.506 e. The first-order chi connectivity index (χ1) is 11.1. The highest BCUT2D eigenvalue weighted by Gasteiger charge is 2.13. The monoisotopic (exact) mass is 313 g/mol. The number of benzene rings is 2. The van der Waals surface area contributed by atoms with Gasteiger partial charge in [0.1, 0.15) is 5.75 Å². The van der Waals surface area contributed by atoms with Crippen molar-refractivity contribution in [3.8, 4) is 5.75 Å². The molecule has 0 bridgehead atoms. The molecule has 6 nitrogen and oxygen atoms in total. The lowest BCUT2D eigenvalue weighted by Gasteiger charge is -2.10. The molecular weight excluding hydrogens is 294 g/mol. The molecular formula is C17H19N3O3. The number of carbonyl (C=O) groups excluding carboxylic acids is 2. The van der Waals surface area contributed by atoms with Gasteiger partial charge in [0.05, 0.1) is 5.56 Å². The number of urea groups is 1. The van der Waals surface area contributed by atoms with Crippen LogP contribution in [0.1, 0.15) is 10.4 Å². The standard InChI is InChI=1S/C17H19N3O3/c1-2-9-19-17(23)20-11-10-18-16(22)14-8-7-12-5-3-4-6-13(12)15(14)21/h2-8,21H,1,9-11H2,(H,18,22)(H2,19,20,23). The van der Waals surface area contributed by atoms with Gasteiger partial charge in [0.25, 0.3) is 5.91 Å². The Hall–Kier alpha value is -3.02. The summed E-state index contributed by atoms with van der Waals surface area (Å²) in [5.41, 5.74) is 0.208. The highest BCUT2D eigenvalue weighted by atomic mass is 16.3. The molecule has 23 heavy (non-hydrogen) atoms. The van der Waals surface area contributed by atoms with Gasteiger partial charge in [0.2, 0.25) is 0 Å². The van der Waals surface area contributed by atoms with Gasteiger partial charge in [-0.2, -0.15) is 0 Å². The van der Waals surface area contributed by atoms with Gasteiger partial charge in [-0.15, -0.1) is 6.58 Å². The maximum atomic E-state index is 12.1. The molecule has 0 radical (unpaired) electrons. The molecule has 0 aliphatic heterocycles. The average Bonchev–Trinajstić information content (AvgIpc) is 2.57. The van der Waals surface area contributed by atoms with Crippen molar-refractivity contribution in [2.75, 3.05) is 19.6 Å². The van der Waals surface area contributed by atoms with Crippen molar-refractivity contribution in [1.29, 1.82) is 0 Å². The number of fused-ring (bicyclic) bond motifs is 1. The molecule has 120 valence electrons. The lowest BCUT2D eigenvalue weighted by Crippen LogP contribution is -2.40. The number of aromatic hydroxyl groups is 1. The molecule has 0 aliphatic carbocycles. The summed E-state index contributed by atoms with van der Waals surface area (Å²) in [6.45, 7) is 4.41. The van der Waals surface area contributed by atoms with Crippen LogP contribution in [0, 0.1) is 0 Å². The fourth-order valence-electron chi connectivity index (χ4n) is 2.11. The normalized spacial score (nSPS) is 10.1. The van der Waals surface area contributed by atoms with Crippen molar-refractivity contribution in [2.24, 2.45) is 0 Å². The van der Waals surface area contributed by atoms with Crippen LogP contribution in [-0.4, -0.2) is 36.7 Å². The average molecular weight is 313 g/mol. The van der Waals surface area contributed by atoms with E-state index in [0.717, 1.165) is 5.39 Å². The van der Waals surface area contributed by atoms with Crippen molar-refractivity contribution in [2.45, 2.75) is 0 Å². The number of carbonyl (C=O) groups is 2. The molecule has 0 aromatic heterocycles. The van der Waals surface area contributed by atoms with E-state index in [1.165, 1.54) is 0 Å². The summed E-state index contributed by atoms with van der Waals surface area (Å²) in [4.78, 5) is 23.4. The van der Waals surface area contributed by atoms with Crippen LogP contribution in [0.25, 0.3) is 10.8 Å². The second kappa shape index (κ2) is 7.84. The topological polar surface area (TPSA) is 90.5 Å². The Kier molecular flexibility index (Phi) is 5.57. The lowest BCUT2D eigenvalue weighted by atomic mass is 10.0. The van der Waals surface area contributed by atoms with E-state index in [1.54, 1.807) is 30.3 Å². The molecule has 0 fully saturated rings. The molecule has 0 spiro atoms. The Morgan fingerprint density at radius 1 is 1.04 bits per heavy atom. The van der Waals surface area contributed by atoms with E-state index in [4.69, 9.17) is 0 Å². The van der Waals surface area contributed by atoms with Crippen molar-refractivity contribution < 1.29 is 14.7 Å². The zero-order chi connectivity index (χ0) is 16.7. The second-order valence-electron chi connectivity index (χ2n) is 4.86. The van der Waals surface area contributed by atoms with Crippen molar-refractivity contribution in [1.82, 2.24) is 16.0 Å². The van der Waals surface area contributed by atoms with E-state index in [1.807, 2.05) is 12.1 Å². The Bertz CT molecular complexity index is 728. The first-order valence-electron chi connectivity index (χ1n) is 7.25. The molecule has 2 aromatic rings. The Morgan fingerprint density at radius 2 is 1.78 bits per heavy atom. The van der Waals surface area contributed by atoms with E-state index in [9.17, 15) is 14.7 Å². The summed E-state index contributed by atoms with van der Waals surface area (Å²) in [7, 11) is 0. The summed E-state index contributed by atoms with van der Waals surface area (Å²) in [5.74, 6) is -0.432. The zero-order valence-electron chi connectivity index (χ0n) is 12.6. The number of hydrogen-bond acceptors (Lipinski definition) is 3. The molecule has 0 unspecified atom stereocenters. The minimum atomic E-state index is -0.387. The highest BCUT2D eigenvalue weighted by Crippen LogP contribution is 2.28. The van der Waals surface area contributed by atoms with Crippen LogP contribution in [0.5, 0.6) is 5.75 Å². The minimum absolute atomic E-state index is 0.0442. The first-order valence-corrected chi connectivity index (χ1v) is 7.25. The van der Waals surface area contributed by atoms with E-state index in [0.29, 0.717) is 11.9 Å². The molecule has 4 N–H and O–H groups in total. The third-order valence-electron chi connectivity index (χ3n) is 3.25. The highest BCUT2D eigenvalue weighted by molar-refractivity contribution is 6.03.